The minimum Gasteiger partial charge on any atom is -0.454 e. The molecule has 6 heteroatoms. The summed E-state index contributed by atoms with van der Waals surface area (Å²) in [6, 6.07) is 75.2. The minimum absolute atomic E-state index is 0.0235. The molecule has 1 aromatic heterocycles. The van der Waals surface area contributed by atoms with Crippen LogP contribution in [0.5, 0.6) is 0 Å². The number of benzene rings is 10. The molecule has 0 radical (unpaired) electrons. The third-order valence-corrected chi connectivity index (χ3v) is 22.1. The maximum absolute atomic E-state index is 7.46. The number of anilines is 8. The summed E-state index contributed by atoms with van der Waals surface area (Å²) in [5, 5.41) is 2.22. The molecule has 450 valence electrons. The molecule has 15 rings (SSSR count). The van der Waals surface area contributed by atoms with Gasteiger partial charge in [0.15, 0.2) is 5.58 Å². The van der Waals surface area contributed by atoms with Gasteiger partial charge in [-0.05, 0) is 198 Å². The van der Waals surface area contributed by atoms with Gasteiger partial charge >= 0.3 is 6.85 Å². The molecule has 0 unspecified atom stereocenters. The number of furan rings is 1. The van der Waals surface area contributed by atoms with E-state index in [1.165, 1.54) is 99.0 Å². The monoisotopic (exact) mass is 1190 g/mol. The van der Waals surface area contributed by atoms with Crippen LogP contribution in [0, 0.1) is 6.92 Å². The zero-order chi connectivity index (χ0) is 62.9. The van der Waals surface area contributed by atoms with E-state index in [-0.39, 0.29) is 39.3 Å². The summed E-state index contributed by atoms with van der Waals surface area (Å²) in [4.78, 5) is 10.6. The third kappa shape index (κ3) is 9.15. The molecule has 4 aliphatic rings. The van der Waals surface area contributed by atoms with Gasteiger partial charge in [-0.1, -0.05) is 225 Å². The van der Waals surface area contributed by atoms with Crippen LogP contribution in [0.2, 0.25) is 0 Å². The van der Waals surface area contributed by atoms with E-state index in [4.69, 9.17) is 4.42 Å². The van der Waals surface area contributed by atoms with Crippen molar-refractivity contribution < 1.29 is 4.42 Å². The molecule has 11 aromatic rings. The normalized spacial score (nSPS) is 16.1. The molecule has 0 saturated carbocycles. The zero-order valence-corrected chi connectivity index (χ0v) is 56.4. The average molecular weight is 1190 g/mol. The maximum Gasteiger partial charge on any atom is 0.333 e. The Kier molecular flexibility index (Phi) is 13.0. The lowest BCUT2D eigenvalue weighted by Crippen LogP contribution is -2.62. The van der Waals surface area contributed by atoms with Crippen LogP contribution in [0.4, 0.5) is 45.5 Å². The van der Waals surface area contributed by atoms with Crippen LogP contribution in [0.25, 0.3) is 44.2 Å². The van der Waals surface area contributed by atoms with Crippen molar-refractivity contribution in [2.24, 2.45) is 0 Å². The standard InChI is InChI=1S/C84H84BN3OS/c1-51-43-65-66(83(13,14)42-41-82(65,11)12)48-70(51)87-71-49-67-75(90-74-32-23-21-30-64(74)84(67,15)16)50-68(71)85-76-63(46-58(47-72(76)87)86(56-36-33-53(34-37-56)79(2,3)4)57-28-24-27-54(44-57)80(5,6)7)60-38-39-61-59-29-20-22-31-73(59)89-78(61)77(60)88(85)69-40-35-55(81(8,9)10)45-62(69)52-25-18-17-19-26-52/h17-40,43-50H,41-42H2,1-16H3. The lowest BCUT2D eigenvalue weighted by Gasteiger charge is -2.48. The van der Waals surface area contributed by atoms with E-state index in [1.807, 2.05) is 11.8 Å². The lowest BCUT2D eigenvalue weighted by molar-refractivity contribution is 0.332. The fraction of sp³-hybridized carbons (Fsp3) is 0.286. The van der Waals surface area contributed by atoms with Crippen LogP contribution in [-0.4, -0.2) is 6.85 Å². The second-order valence-electron chi connectivity index (χ2n) is 31.3. The van der Waals surface area contributed by atoms with Crippen LogP contribution >= 0.6 is 11.8 Å². The van der Waals surface area contributed by atoms with Crippen LogP contribution in [0.3, 0.4) is 0 Å². The first-order valence-corrected chi connectivity index (χ1v) is 33.5. The lowest BCUT2D eigenvalue weighted by atomic mass is 9.43. The number of nitrogens with zero attached hydrogens (tertiary/aromatic N) is 3. The second kappa shape index (κ2) is 20.2. The highest BCUT2D eigenvalue weighted by Crippen LogP contribution is 2.58. The quantitative estimate of drug-likeness (QED) is 0.154. The number of rotatable bonds is 6. The Hall–Kier alpha value is -8.19. The summed E-state index contributed by atoms with van der Waals surface area (Å²) >= 11 is 1.93. The number of aryl methyl sites for hydroxylation is 1. The van der Waals surface area contributed by atoms with E-state index in [0.717, 1.165) is 68.8 Å². The molecule has 0 atom stereocenters. The predicted octanol–water partition coefficient (Wildman–Crippen LogP) is 22.8. The second-order valence-corrected chi connectivity index (χ2v) is 32.4. The molecule has 0 fully saturated rings. The zero-order valence-electron chi connectivity index (χ0n) is 55.6. The smallest absolute Gasteiger partial charge is 0.333 e. The van der Waals surface area contributed by atoms with Gasteiger partial charge in [0.2, 0.25) is 0 Å². The van der Waals surface area contributed by atoms with Crippen molar-refractivity contribution in [1.82, 2.24) is 0 Å². The first kappa shape index (κ1) is 58.2. The summed E-state index contributed by atoms with van der Waals surface area (Å²) in [5.41, 5.74) is 28.4. The van der Waals surface area contributed by atoms with Crippen LogP contribution in [-0.2, 0) is 32.5 Å². The highest BCUT2D eigenvalue weighted by atomic mass is 32.2. The SMILES string of the molecule is Cc1cc2c(cc1N1c3cc4c(cc3B3c5c(cc(N(c6ccc(C(C)(C)C)cc6)c6cccc(C(C)(C)C)c6)cc51)-c1ccc5c(oc6ccccc65)c1N3c1ccc(C(C)(C)C)cc1-c1ccccc1)Sc1ccccc1C4(C)C)C(C)(C)CCC2(C)C. The molecular weight excluding hydrogens is 1110 g/mol. The van der Waals surface area contributed by atoms with Gasteiger partial charge in [-0.15, -0.1) is 0 Å². The highest BCUT2D eigenvalue weighted by molar-refractivity contribution is 7.99. The van der Waals surface area contributed by atoms with Gasteiger partial charge in [-0.25, -0.2) is 0 Å². The van der Waals surface area contributed by atoms with Gasteiger partial charge in [0, 0.05) is 76.9 Å². The Bertz CT molecular complexity index is 4750. The Balaban J connectivity index is 1.14. The third-order valence-electron chi connectivity index (χ3n) is 20.9. The van der Waals surface area contributed by atoms with Gasteiger partial charge in [0.1, 0.15) is 5.58 Å². The fourth-order valence-corrected chi connectivity index (χ4v) is 16.9. The first-order chi connectivity index (χ1) is 42.7. The molecule has 10 aromatic carbocycles. The Morgan fingerprint density at radius 2 is 1.10 bits per heavy atom. The molecule has 4 heterocycles. The van der Waals surface area contributed by atoms with Gasteiger partial charge < -0.3 is 19.0 Å². The van der Waals surface area contributed by atoms with Crippen LogP contribution in [0.1, 0.15) is 161 Å². The van der Waals surface area contributed by atoms with Gasteiger partial charge in [-0.2, -0.15) is 0 Å². The number of para-hydroxylation sites is 1. The number of hydrogen-bond donors (Lipinski definition) is 0. The Labute approximate surface area is 539 Å². The van der Waals surface area contributed by atoms with E-state index < -0.39 is 0 Å². The number of hydrogen-bond acceptors (Lipinski definition) is 5. The molecular formula is C84H84BN3OS. The minimum atomic E-state index is -0.326. The molecule has 0 spiro atoms. The summed E-state index contributed by atoms with van der Waals surface area (Å²) in [6.45, 7) is 37.8. The van der Waals surface area contributed by atoms with Crippen molar-refractivity contribution in [3.8, 4) is 22.3 Å². The maximum atomic E-state index is 7.46. The summed E-state index contributed by atoms with van der Waals surface area (Å²) in [7, 11) is 0. The fourth-order valence-electron chi connectivity index (χ4n) is 15.5. The molecule has 0 N–H and O–H groups in total. The number of fused-ring (bicyclic) bond motifs is 11. The molecule has 0 saturated heterocycles. The molecule has 3 aliphatic heterocycles. The van der Waals surface area contributed by atoms with Gasteiger partial charge in [0.05, 0.1) is 5.69 Å². The van der Waals surface area contributed by atoms with Gasteiger partial charge in [0.25, 0.3) is 0 Å². The molecule has 90 heavy (non-hydrogen) atoms. The largest absolute Gasteiger partial charge is 0.454 e. The van der Waals surface area contributed by atoms with E-state index in [9.17, 15) is 0 Å². The highest BCUT2D eigenvalue weighted by Gasteiger charge is 2.50. The average Bonchev–Trinajstić information content (AvgIpc) is 0.923. The van der Waals surface area contributed by atoms with Crippen molar-refractivity contribution in [2.75, 3.05) is 14.6 Å². The van der Waals surface area contributed by atoms with E-state index in [2.05, 4.69) is 320 Å². The van der Waals surface area contributed by atoms with Crippen molar-refractivity contribution >= 4 is 97.0 Å². The van der Waals surface area contributed by atoms with Crippen molar-refractivity contribution in [3.05, 3.63) is 239 Å². The van der Waals surface area contributed by atoms with E-state index in [0.29, 0.717) is 0 Å². The van der Waals surface area contributed by atoms with Crippen LogP contribution in [0.15, 0.2) is 208 Å². The Morgan fingerprint density at radius 1 is 0.456 bits per heavy atom. The molecule has 0 amide bonds. The molecule has 4 nitrogen and oxygen atoms in total. The summed E-state index contributed by atoms with van der Waals surface area (Å²) < 4.78 is 7.46. The van der Waals surface area contributed by atoms with Crippen LogP contribution < -0.4 is 25.5 Å². The van der Waals surface area contributed by atoms with Crippen molar-refractivity contribution in [1.29, 1.82) is 0 Å². The first-order valence-electron chi connectivity index (χ1n) is 32.7. The molecule has 0 bridgehead atoms. The van der Waals surface area contributed by atoms with E-state index >= 15 is 0 Å². The van der Waals surface area contributed by atoms with Crippen molar-refractivity contribution in [3.63, 3.8) is 0 Å². The predicted molar refractivity (Wildman–Crippen MR) is 386 cm³/mol. The molecule has 1 aliphatic carbocycles. The van der Waals surface area contributed by atoms with Crippen molar-refractivity contribution in [2.45, 2.75) is 166 Å². The summed E-state index contributed by atoms with van der Waals surface area (Å²) in [5.74, 6) is 0. The Morgan fingerprint density at radius 3 is 1.82 bits per heavy atom. The van der Waals surface area contributed by atoms with E-state index in [1.54, 1.807) is 0 Å². The topological polar surface area (TPSA) is 22.9 Å². The summed E-state index contributed by atoms with van der Waals surface area (Å²) in [6.07, 6.45) is 2.27. The van der Waals surface area contributed by atoms with Gasteiger partial charge in [-0.3, -0.25) is 0 Å².